The Morgan fingerprint density at radius 1 is 1.00 bits per heavy atom. The van der Waals surface area contributed by atoms with Crippen molar-refractivity contribution < 1.29 is 14.4 Å². The maximum absolute atomic E-state index is 13.4. The van der Waals surface area contributed by atoms with Gasteiger partial charge >= 0.3 is 0 Å². The number of carbonyl (C=O) groups is 3. The number of likely N-dealkylation sites (tertiary alicyclic amines) is 1. The normalized spacial score (nSPS) is 14.4. The summed E-state index contributed by atoms with van der Waals surface area (Å²) in [5, 5.41) is 10.7. The summed E-state index contributed by atoms with van der Waals surface area (Å²) in [4.78, 5) is 47.8. The van der Waals surface area contributed by atoms with Gasteiger partial charge < -0.3 is 20.5 Å². The minimum absolute atomic E-state index is 0.0724. The van der Waals surface area contributed by atoms with Crippen molar-refractivity contribution in [2.24, 2.45) is 0 Å². The summed E-state index contributed by atoms with van der Waals surface area (Å²) >= 11 is 6.14. The molecule has 1 fully saturated rings. The second kappa shape index (κ2) is 12.1. The number of piperidine rings is 1. The molecule has 1 aliphatic heterocycles. The molecule has 10 nitrogen and oxygen atoms in total. The Kier molecular flexibility index (Phi) is 7.93. The first-order valence-corrected chi connectivity index (χ1v) is 14.4. The molecule has 0 spiro atoms. The van der Waals surface area contributed by atoms with Gasteiger partial charge in [0.1, 0.15) is 11.9 Å². The molecule has 218 valence electrons. The predicted molar refractivity (Wildman–Crippen MR) is 165 cm³/mol. The third-order valence-corrected chi connectivity index (χ3v) is 7.83. The lowest BCUT2D eigenvalue weighted by molar-refractivity contribution is -0.137. The molecule has 0 unspecified atom stereocenters. The van der Waals surface area contributed by atoms with E-state index in [2.05, 4.69) is 25.7 Å². The molecular weight excluding hydrogens is 566 g/mol. The van der Waals surface area contributed by atoms with Crippen molar-refractivity contribution in [3.8, 4) is 11.4 Å². The molecule has 3 N–H and O–H groups in total. The maximum atomic E-state index is 13.4. The number of H-pyrrole nitrogens is 1. The second-order valence-electron chi connectivity index (χ2n) is 10.6. The Balaban J connectivity index is 1.05. The molecule has 1 aliphatic rings. The van der Waals surface area contributed by atoms with Crippen LogP contribution in [0.25, 0.3) is 22.4 Å². The van der Waals surface area contributed by atoms with Crippen molar-refractivity contribution in [3.63, 3.8) is 0 Å². The molecule has 5 aromatic rings. The summed E-state index contributed by atoms with van der Waals surface area (Å²) < 4.78 is 1.84. The number of hydrogen-bond donors (Lipinski definition) is 3. The predicted octanol–water partition coefficient (Wildman–Crippen LogP) is 5.37. The maximum Gasteiger partial charge on any atom is 0.255 e. The smallest absolute Gasteiger partial charge is 0.255 e. The molecule has 0 bridgehead atoms. The number of carbonyl (C=O) groups excluding carboxylic acids is 3. The Hall–Kier alpha value is -4.96. The number of fused-ring (bicyclic) bond motifs is 1. The average molecular weight is 596 g/mol. The fraction of sp³-hybridized carbons (Fsp3) is 0.219. The molecule has 3 heterocycles. The van der Waals surface area contributed by atoms with Crippen LogP contribution in [0.4, 0.5) is 5.69 Å². The van der Waals surface area contributed by atoms with E-state index in [4.69, 9.17) is 11.6 Å². The molecule has 0 aliphatic carbocycles. The number of nitrogens with one attached hydrogen (secondary N) is 3. The van der Waals surface area contributed by atoms with Crippen LogP contribution in [0.5, 0.6) is 0 Å². The zero-order valence-corrected chi connectivity index (χ0v) is 24.2. The number of aromatic nitrogens is 4. The van der Waals surface area contributed by atoms with Gasteiger partial charge in [0.15, 0.2) is 0 Å². The number of hydrogen-bond acceptors (Lipinski definition) is 5. The molecule has 0 radical (unpaired) electrons. The number of halogens is 1. The lowest BCUT2D eigenvalue weighted by Gasteiger charge is -2.34. The Morgan fingerprint density at radius 3 is 2.49 bits per heavy atom. The summed E-state index contributed by atoms with van der Waals surface area (Å²) in [6, 6.07) is 21.3. The highest BCUT2D eigenvalue weighted by atomic mass is 35.5. The van der Waals surface area contributed by atoms with Crippen LogP contribution in [0.2, 0.25) is 5.02 Å². The highest BCUT2D eigenvalue weighted by Crippen LogP contribution is 2.27. The molecule has 1 saturated heterocycles. The van der Waals surface area contributed by atoms with Gasteiger partial charge in [0, 0.05) is 42.4 Å². The number of imidazole rings is 1. The van der Waals surface area contributed by atoms with E-state index >= 15 is 0 Å². The molecule has 6 rings (SSSR count). The quantitative estimate of drug-likeness (QED) is 0.233. The zero-order valence-electron chi connectivity index (χ0n) is 23.5. The topological polar surface area (TPSA) is 125 Å². The van der Waals surface area contributed by atoms with Crippen LogP contribution in [0, 0.1) is 0 Å². The van der Waals surface area contributed by atoms with E-state index in [0.29, 0.717) is 47.8 Å². The number of aromatic amines is 1. The van der Waals surface area contributed by atoms with E-state index in [9.17, 15) is 14.4 Å². The van der Waals surface area contributed by atoms with E-state index in [1.54, 1.807) is 47.5 Å². The Labute approximate surface area is 253 Å². The molecule has 11 heteroatoms. The summed E-state index contributed by atoms with van der Waals surface area (Å²) in [6.07, 6.45) is 4.82. The van der Waals surface area contributed by atoms with Gasteiger partial charge in [-0.1, -0.05) is 48.0 Å². The average Bonchev–Trinajstić information content (AvgIpc) is 3.67. The Morgan fingerprint density at radius 2 is 1.77 bits per heavy atom. The van der Waals surface area contributed by atoms with Crippen LogP contribution >= 0.6 is 11.6 Å². The van der Waals surface area contributed by atoms with Gasteiger partial charge in [-0.25, -0.2) is 4.98 Å². The van der Waals surface area contributed by atoms with Crippen molar-refractivity contribution in [1.82, 2.24) is 30.0 Å². The van der Waals surface area contributed by atoms with Crippen LogP contribution in [-0.4, -0.2) is 55.5 Å². The van der Waals surface area contributed by atoms with Crippen LogP contribution in [0.3, 0.4) is 0 Å². The minimum Gasteiger partial charge on any atom is -0.341 e. The highest BCUT2D eigenvalue weighted by molar-refractivity contribution is 6.30. The molecular formula is C32H30ClN7O3. The number of amides is 3. The van der Waals surface area contributed by atoms with Crippen LogP contribution in [0.1, 0.15) is 47.8 Å². The van der Waals surface area contributed by atoms with Crippen molar-refractivity contribution in [2.45, 2.75) is 31.8 Å². The lowest BCUT2D eigenvalue weighted by Crippen LogP contribution is -2.46. The van der Waals surface area contributed by atoms with Crippen molar-refractivity contribution >= 4 is 46.0 Å². The van der Waals surface area contributed by atoms with E-state index in [0.717, 1.165) is 22.4 Å². The van der Waals surface area contributed by atoms with E-state index in [1.807, 2.05) is 47.3 Å². The van der Waals surface area contributed by atoms with E-state index in [1.165, 1.54) is 6.92 Å². The standard InChI is InChI=1S/C32H30ClN7O3/c1-20(41)35-29(23-5-4-6-24(33)17-23)32(43)39-15-13-26(14-16-39)40-19-25(18-34-40)36-31(42)22-11-9-21(10-12-22)30-37-27-7-2-3-8-28(27)38-30/h2-12,17-19,26,29H,13-16H2,1H3,(H,35,41)(H,36,42)(H,37,38)/t29-/m1/s1. The molecule has 3 amide bonds. The molecule has 3 aromatic carbocycles. The number of nitrogens with zero attached hydrogens (tertiary/aromatic N) is 4. The monoisotopic (exact) mass is 595 g/mol. The van der Waals surface area contributed by atoms with Crippen LogP contribution in [-0.2, 0) is 9.59 Å². The number of rotatable bonds is 7. The summed E-state index contributed by atoms with van der Waals surface area (Å²) in [5.74, 6) is 0.0515. The first-order valence-electron chi connectivity index (χ1n) is 14.1. The molecule has 43 heavy (non-hydrogen) atoms. The van der Waals surface area contributed by atoms with Gasteiger partial charge in [-0.05, 0) is 54.8 Å². The van der Waals surface area contributed by atoms with E-state index < -0.39 is 6.04 Å². The number of benzene rings is 3. The van der Waals surface area contributed by atoms with Gasteiger partial charge in [0.05, 0.1) is 29.0 Å². The fourth-order valence-corrected chi connectivity index (χ4v) is 5.58. The largest absolute Gasteiger partial charge is 0.341 e. The summed E-state index contributed by atoms with van der Waals surface area (Å²) in [7, 11) is 0. The Bertz CT molecular complexity index is 1760. The van der Waals surface area contributed by atoms with Crippen LogP contribution < -0.4 is 10.6 Å². The van der Waals surface area contributed by atoms with E-state index in [-0.39, 0.29) is 23.8 Å². The molecule has 0 saturated carbocycles. The van der Waals surface area contributed by atoms with Gasteiger partial charge in [-0.15, -0.1) is 0 Å². The van der Waals surface area contributed by atoms with Gasteiger partial charge in [-0.2, -0.15) is 5.10 Å². The van der Waals surface area contributed by atoms with Crippen molar-refractivity contribution in [1.29, 1.82) is 0 Å². The fourth-order valence-electron chi connectivity index (χ4n) is 5.38. The summed E-state index contributed by atoms with van der Waals surface area (Å²) in [6.45, 7) is 2.42. The SMILES string of the molecule is CC(=O)N[C@@H](C(=O)N1CCC(n2cc(NC(=O)c3ccc(-c4nc5ccccc5[nH]4)cc3)cn2)CC1)c1cccc(Cl)c1. The summed E-state index contributed by atoms with van der Waals surface area (Å²) in [5.41, 5.74) is 4.50. The molecule has 1 atom stereocenters. The highest BCUT2D eigenvalue weighted by Gasteiger charge is 2.31. The van der Waals surface area contributed by atoms with Gasteiger partial charge in [-0.3, -0.25) is 19.1 Å². The first kappa shape index (κ1) is 28.2. The first-order chi connectivity index (χ1) is 20.8. The van der Waals surface area contributed by atoms with Crippen molar-refractivity contribution in [2.75, 3.05) is 18.4 Å². The third kappa shape index (κ3) is 6.29. The van der Waals surface area contributed by atoms with Gasteiger partial charge in [0.2, 0.25) is 11.8 Å². The number of anilines is 1. The lowest BCUT2D eigenvalue weighted by atomic mass is 10.0. The van der Waals surface area contributed by atoms with Crippen LogP contribution in [0.15, 0.2) is 85.2 Å². The second-order valence-corrected chi connectivity index (χ2v) is 11.0. The van der Waals surface area contributed by atoms with Gasteiger partial charge in [0.25, 0.3) is 5.91 Å². The third-order valence-electron chi connectivity index (χ3n) is 7.60. The molecule has 2 aromatic heterocycles. The number of para-hydroxylation sites is 2. The minimum atomic E-state index is -0.799. The van der Waals surface area contributed by atoms with Crippen molar-refractivity contribution in [3.05, 3.63) is 101 Å². The zero-order chi connectivity index (χ0) is 29.9.